The summed E-state index contributed by atoms with van der Waals surface area (Å²) < 4.78 is 27.3. The molecule has 0 aliphatic carbocycles. The van der Waals surface area contributed by atoms with Gasteiger partial charge in [-0.25, -0.2) is 8.78 Å². The Morgan fingerprint density at radius 3 is 1.92 bits per heavy atom. The quantitative estimate of drug-likeness (QED) is 0.662. The SMILES string of the molecule is CCC(C)(CC)C(F)(F)C(C)C#N. The minimum absolute atomic E-state index is 0.391. The third-order valence-electron chi connectivity index (χ3n) is 3.10. The number of nitrogens with zero attached hydrogens (tertiary/aromatic N) is 1. The Kier molecular flexibility index (Phi) is 3.84. The van der Waals surface area contributed by atoms with Crippen LogP contribution < -0.4 is 0 Å². The highest BCUT2D eigenvalue weighted by molar-refractivity contribution is 4.99. The van der Waals surface area contributed by atoms with Crippen molar-refractivity contribution in [1.82, 2.24) is 0 Å². The van der Waals surface area contributed by atoms with E-state index in [9.17, 15) is 8.78 Å². The lowest BCUT2D eigenvalue weighted by Crippen LogP contribution is -2.42. The van der Waals surface area contributed by atoms with Crippen LogP contribution in [0.3, 0.4) is 0 Å². The van der Waals surface area contributed by atoms with Gasteiger partial charge in [0.05, 0.1) is 6.07 Å². The minimum atomic E-state index is -2.90. The molecule has 0 radical (unpaired) electrons. The van der Waals surface area contributed by atoms with E-state index in [-0.39, 0.29) is 0 Å². The van der Waals surface area contributed by atoms with E-state index in [4.69, 9.17) is 5.26 Å². The molecule has 0 aromatic heterocycles. The summed E-state index contributed by atoms with van der Waals surface area (Å²) >= 11 is 0. The highest BCUT2D eigenvalue weighted by atomic mass is 19.3. The van der Waals surface area contributed by atoms with Crippen LogP contribution in [0.15, 0.2) is 0 Å². The lowest BCUT2D eigenvalue weighted by Gasteiger charge is -2.37. The molecule has 0 aromatic rings. The van der Waals surface area contributed by atoms with Crippen LogP contribution in [-0.4, -0.2) is 5.92 Å². The fourth-order valence-electron chi connectivity index (χ4n) is 1.33. The van der Waals surface area contributed by atoms with E-state index in [0.717, 1.165) is 0 Å². The summed E-state index contributed by atoms with van der Waals surface area (Å²) in [5, 5.41) is 8.49. The fourth-order valence-corrected chi connectivity index (χ4v) is 1.33. The molecule has 0 fully saturated rings. The highest BCUT2D eigenvalue weighted by Crippen LogP contribution is 2.46. The van der Waals surface area contributed by atoms with Gasteiger partial charge in [0.2, 0.25) is 0 Å². The number of halogens is 2. The lowest BCUT2D eigenvalue weighted by atomic mass is 9.74. The van der Waals surface area contributed by atoms with E-state index in [1.807, 2.05) is 0 Å². The Morgan fingerprint density at radius 1 is 1.31 bits per heavy atom. The van der Waals surface area contributed by atoms with Gasteiger partial charge in [0.15, 0.2) is 0 Å². The Bertz CT molecular complexity index is 201. The first-order valence-electron chi connectivity index (χ1n) is 4.63. The third-order valence-corrected chi connectivity index (χ3v) is 3.10. The Hall–Kier alpha value is -0.650. The molecule has 0 aromatic carbocycles. The molecule has 0 rings (SSSR count). The summed E-state index contributed by atoms with van der Waals surface area (Å²) in [7, 11) is 0. The van der Waals surface area contributed by atoms with E-state index < -0.39 is 17.3 Å². The molecule has 0 saturated carbocycles. The molecule has 0 N–H and O–H groups in total. The second kappa shape index (κ2) is 4.04. The molecule has 76 valence electrons. The molecule has 0 spiro atoms. The van der Waals surface area contributed by atoms with Crippen LogP contribution in [0.5, 0.6) is 0 Å². The molecule has 0 bridgehead atoms. The predicted molar refractivity (Wildman–Crippen MR) is 48.4 cm³/mol. The smallest absolute Gasteiger partial charge is 0.205 e. The van der Waals surface area contributed by atoms with Gasteiger partial charge in [-0.3, -0.25) is 0 Å². The molecule has 0 saturated heterocycles. The molecular formula is C10H17F2N. The van der Waals surface area contributed by atoms with Gasteiger partial charge in [0.1, 0.15) is 5.92 Å². The number of nitriles is 1. The third kappa shape index (κ3) is 1.99. The molecular weight excluding hydrogens is 172 g/mol. The second-order valence-corrected chi connectivity index (χ2v) is 3.74. The van der Waals surface area contributed by atoms with Gasteiger partial charge in [-0.05, 0) is 19.8 Å². The first kappa shape index (κ1) is 12.3. The molecule has 1 atom stereocenters. The van der Waals surface area contributed by atoms with Crippen molar-refractivity contribution in [2.75, 3.05) is 0 Å². The van der Waals surface area contributed by atoms with Crippen LogP contribution in [0.4, 0.5) is 8.78 Å². The summed E-state index contributed by atoms with van der Waals surface area (Å²) in [6.45, 7) is 6.30. The monoisotopic (exact) mass is 189 g/mol. The Labute approximate surface area is 78.7 Å². The molecule has 0 amide bonds. The zero-order chi connectivity index (χ0) is 10.7. The number of alkyl halides is 2. The van der Waals surface area contributed by atoms with Crippen LogP contribution >= 0.6 is 0 Å². The van der Waals surface area contributed by atoms with Gasteiger partial charge in [-0.1, -0.05) is 20.8 Å². The van der Waals surface area contributed by atoms with Crippen molar-refractivity contribution in [3.05, 3.63) is 0 Å². The summed E-state index contributed by atoms with van der Waals surface area (Å²) in [6, 6.07) is 1.63. The normalized spacial score (nSPS) is 15.2. The first-order valence-corrected chi connectivity index (χ1v) is 4.63. The van der Waals surface area contributed by atoms with Crippen molar-refractivity contribution in [3.63, 3.8) is 0 Å². The van der Waals surface area contributed by atoms with Crippen LogP contribution in [0, 0.1) is 22.7 Å². The highest BCUT2D eigenvalue weighted by Gasteiger charge is 2.51. The van der Waals surface area contributed by atoms with E-state index in [0.29, 0.717) is 12.8 Å². The zero-order valence-electron chi connectivity index (χ0n) is 8.69. The van der Waals surface area contributed by atoms with E-state index in [1.54, 1.807) is 26.8 Å². The van der Waals surface area contributed by atoms with E-state index in [1.165, 1.54) is 6.92 Å². The molecule has 0 aliphatic rings. The van der Waals surface area contributed by atoms with Crippen LogP contribution in [-0.2, 0) is 0 Å². The largest absolute Gasteiger partial charge is 0.268 e. The molecule has 1 nitrogen and oxygen atoms in total. The summed E-state index contributed by atoms with van der Waals surface area (Å²) in [6.07, 6.45) is 0.783. The predicted octanol–water partition coefficient (Wildman–Crippen LogP) is 3.61. The lowest BCUT2D eigenvalue weighted by molar-refractivity contribution is -0.142. The van der Waals surface area contributed by atoms with Crippen molar-refractivity contribution in [2.45, 2.75) is 46.5 Å². The summed E-state index contributed by atoms with van der Waals surface area (Å²) in [5.74, 6) is -4.11. The average molecular weight is 189 g/mol. The van der Waals surface area contributed by atoms with Crippen molar-refractivity contribution < 1.29 is 8.78 Å². The van der Waals surface area contributed by atoms with Crippen molar-refractivity contribution in [2.24, 2.45) is 11.3 Å². The first-order chi connectivity index (χ1) is 5.85. The standard InChI is InChI=1S/C10H17F2N/c1-5-9(4,6-2)10(11,12)8(3)7-13/h8H,5-6H2,1-4H3. The maximum Gasteiger partial charge on any atom is 0.268 e. The molecule has 0 aliphatic heterocycles. The topological polar surface area (TPSA) is 23.8 Å². The Balaban J connectivity index is 4.90. The second-order valence-electron chi connectivity index (χ2n) is 3.74. The van der Waals surface area contributed by atoms with Crippen molar-refractivity contribution in [1.29, 1.82) is 5.26 Å². The van der Waals surface area contributed by atoms with Crippen molar-refractivity contribution in [3.8, 4) is 6.07 Å². The Morgan fingerprint density at radius 2 is 1.69 bits per heavy atom. The summed E-state index contributed by atoms with van der Waals surface area (Å²) in [5.41, 5.74) is -1.05. The van der Waals surface area contributed by atoms with Crippen LogP contribution in [0.1, 0.15) is 40.5 Å². The van der Waals surface area contributed by atoms with Gasteiger partial charge in [0, 0.05) is 5.41 Å². The molecule has 0 heterocycles. The maximum atomic E-state index is 13.6. The number of hydrogen-bond donors (Lipinski definition) is 0. The molecule has 3 heteroatoms. The average Bonchev–Trinajstić information content (AvgIpc) is 2.14. The van der Waals surface area contributed by atoms with Gasteiger partial charge >= 0.3 is 0 Å². The number of hydrogen-bond acceptors (Lipinski definition) is 1. The van der Waals surface area contributed by atoms with Gasteiger partial charge < -0.3 is 0 Å². The molecule has 13 heavy (non-hydrogen) atoms. The maximum absolute atomic E-state index is 13.6. The van der Waals surface area contributed by atoms with Crippen molar-refractivity contribution >= 4 is 0 Å². The minimum Gasteiger partial charge on any atom is -0.205 e. The number of rotatable bonds is 4. The van der Waals surface area contributed by atoms with Gasteiger partial charge in [-0.2, -0.15) is 5.26 Å². The summed E-state index contributed by atoms with van der Waals surface area (Å²) in [4.78, 5) is 0. The van der Waals surface area contributed by atoms with E-state index in [2.05, 4.69) is 0 Å². The fraction of sp³-hybridized carbons (Fsp3) is 0.900. The molecule has 1 unspecified atom stereocenters. The zero-order valence-corrected chi connectivity index (χ0v) is 8.69. The van der Waals surface area contributed by atoms with Crippen LogP contribution in [0.25, 0.3) is 0 Å². The van der Waals surface area contributed by atoms with Crippen LogP contribution in [0.2, 0.25) is 0 Å². The van der Waals surface area contributed by atoms with Gasteiger partial charge in [-0.15, -0.1) is 0 Å². The van der Waals surface area contributed by atoms with E-state index >= 15 is 0 Å². The van der Waals surface area contributed by atoms with Gasteiger partial charge in [0.25, 0.3) is 5.92 Å².